The van der Waals surface area contributed by atoms with Crippen molar-refractivity contribution >= 4 is 16.8 Å². The first-order valence-corrected chi connectivity index (χ1v) is 11.5. The molecule has 1 amide bonds. The molecule has 2 aliphatic rings. The Morgan fingerprint density at radius 1 is 1.18 bits per heavy atom. The Balaban J connectivity index is 1.30. The molecule has 0 aliphatic carbocycles. The van der Waals surface area contributed by atoms with Crippen LogP contribution in [0.2, 0.25) is 0 Å². The van der Waals surface area contributed by atoms with Crippen molar-refractivity contribution in [3.05, 3.63) is 65.6 Å². The molecular formula is C25H29FN4O3. The van der Waals surface area contributed by atoms with Crippen molar-refractivity contribution in [2.45, 2.75) is 57.1 Å². The summed E-state index contributed by atoms with van der Waals surface area (Å²) in [6.07, 6.45) is 1.01. The molecule has 2 bridgehead atoms. The van der Waals surface area contributed by atoms with Gasteiger partial charge in [0.1, 0.15) is 5.82 Å². The zero-order valence-electron chi connectivity index (χ0n) is 18.7. The minimum absolute atomic E-state index is 0.0292. The summed E-state index contributed by atoms with van der Waals surface area (Å²) in [5.74, 6) is -0.418. The van der Waals surface area contributed by atoms with Crippen molar-refractivity contribution in [1.82, 2.24) is 20.0 Å². The molecule has 33 heavy (non-hydrogen) atoms. The van der Waals surface area contributed by atoms with Crippen LogP contribution >= 0.6 is 0 Å². The van der Waals surface area contributed by atoms with E-state index in [0.717, 1.165) is 35.9 Å². The Hall–Kier alpha value is -2.81. The van der Waals surface area contributed by atoms with E-state index < -0.39 is 6.10 Å². The number of fused-ring (bicyclic) bond motifs is 3. The number of nitrogens with zero attached hydrogens (tertiary/aromatic N) is 3. The summed E-state index contributed by atoms with van der Waals surface area (Å²) in [6, 6.07) is 14.7. The number of para-hydroxylation sites is 1. The second-order valence-corrected chi connectivity index (χ2v) is 9.18. The largest absolute Gasteiger partial charge is 0.391 e. The lowest BCUT2D eigenvalue weighted by molar-refractivity contribution is -0.0843. The average Bonchev–Trinajstić information content (AvgIpc) is 3.14. The van der Waals surface area contributed by atoms with Gasteiger partial charge in [0.05, 0.1) is 31.4 Å². The number of hydrogen-bond acceptors (Lipinski definition) is 5. The number of aromatic nitrogens is 2. The topological polar surface area (TPSA) is 79.6 Å². The van der Waals surface area contributed by atoms with Gasteiger partial charge in [0.15, 0.2) is 5.69 Å². The van der Waals surface area contributed by atoms with Crippen LogP contribution in [0, 0.1) is 5.82 Å². The van der Waals surface area contributed by atoms with Crippen molar-refractivity contribution in [1.29, 1.82) is 0 Å². The van der Waals surface area contributed by atoms with Gasteiger partial charge in [0, 0.05) is 30.1 Å². The maximum atomic E-state index is 13.3. The fourth-order valence-corrected chi connectivity index (χ4v) is 5.10. The lowest BCUT2D eigenvalue weighted by Gasteiger charge is -2.48. The van der Waals surface area contributed by atoms with Gasteiger partial charge in [-0.1, -0.05) is 30.3 Å². The number of halogens is 1. The molecule has 0 saturated carbocycles. The molecule has 4 atom stereocenters. The maximum absolute atomic E-state index is 13.3. The van der Waals surface area contributed by atoms with E-state index in [4.69, 9.17) is 4.74 Å². The van der Waals surface area contributed by atoms with Crippen LogP contribution in [0.1, 0.15) is 35.8 Å². The first-order chi connectivity index (χ1) is 16.0. The summed E-state index contributed by atoms with van der Waals surface area (Å²) < 4.78 is 20.8. The van der Waals surface area contributed by atoms with Crippen molar-refractivity contribution in [3.8, 4) is 0 Å². The van der Waals surface area contributed by atoms with Crippen LogP contribution in [0.4, 0.5) is 4.39 Å². The van der Waals surface area contributed by atoms with E-state index in [1.165, 1.54) is 12.1 Å². The zero-order valence-corrected chi connectivity index (χ0v) is 18.7. The predicted molar refractivity (Wildman–Crippen MR) is 122 cm³/mol. The lowest BCUT2D eigenvalue weighted by Crippen LogP contribution is -2.60. The summed E-state index contributed by atoms with van der Waals surface area (Å²) in [4.78, 5) is 15.6. The summed E-state index contributed by atoms with van der Waals surface area (Å²) >= 11 is 0. The highest BCUT2D eigenvalue weighted by atomic mass is 19.1. The molecule has 5 rings (SSSR count). The van der Waals surface area contributed by atoms with E-state index in [0.29, 0.717) is 25.5 Å². The van der Waals surface area contributed by atoms with E-state index in [1.54, 1.807) is 11.6 Å². The molecule has 2 fully saturated rings. The third-order valence-corrected chi connectivity index (χ3v) is 6.60. The Bertz CT molecular complexity index is 1120. The van der Waals surface area contributed by atoms with Crippen molar-refractivity contribution in [2.24, 2.45) is 0 Å². The van der Waals surface area contributed by atoms with E-state index in [1.807, 2.05) is 36.4 Å². The molecule has 174 valence electrons. The molecule has 7 nitrogen and oxygen atoms in total. The standard InChI is InChI=1S/C25H29FN4O3/c1-16(31)12-30-23-5-3-2-4-22(23)24(28-30)25(32)27-19-10-20-14-33-15-21(11-19)29(20)13-17-6-8-18(26)9-7-17/h2-9,16,19-21,31H,10-15H2,1H3,(H,27,32)/t16?,19-,20-,21+. The minimum atomic E-state index is -0.561. The van der Waals surface area contributed by atoms with Crippen molar-refractivity contribution in [2.75, 3.05) is 13.2 Å². The van der Waals surface area contributed by atoms with E-state index in [-0.39, 0.29) is 29.8 Å². The summed E-state index contributed by atoms with van der Waals surface area (Å²) in [5.41, 5.74) is 2.30. The number of carbonyl (C=O) groups is 1. The van der Waals surface area contributed by atoms with Crippen LogP contribution in [0.5, 0.6) is 0 Å². The van der Waals surface area contributed by atoms with Crippen LogP contribution in [-0.2, 0) is 17.8 Å². The van der Waals surface area contributed by atoms with Crippen LogP contribution in [0.15, 0.2) is 48.5 Å². The number of morpholine rings is 1. The first kappa shape index (κ1) is 22.0. The van der Waals surface area contributed by atoms with E-state index in [2.05, 4.69) is 15.3 Å². The van der Waals surface area contributed by atoms with E-state index >= 15 is 0 Å². The minimum Gasteiger partial charge on any atom is -0.391 e. The Kier molecular flexibility index (Phi) is 6.14. The normalized spacial score (nSPS) is 24.0. The molecule has 3 heterocycles. The third kappa shape index (κ3) is 4.64. The molecular weight excluding hydrogens is 423 g/mol. The average molecular weight is 453 g/mol. The van der Waals surface area contributed by atoms with Gasteiger partial charge in [0.2, 0.25) is 0 Å². The van der Waals surface area contributed by atoms with Crippen LogP contribution in [0.3, 0.4) is 0 Å². The SMILES string of the molecule is CC(O)Cn1nc(C(=O)N[C@H]2C[C@H]3COC[C@@H](C2)N3Cc2ccc(F)cc2)c2ccccc21. The van der Waals surface area contributed by atoms with Gasteiger partial charge in [-0.2, -0.15) is 5.10 Å². The molecule has 2 aromatic carbocycles. The van der Waals surface area contributed by atoms with Crippen LogP contribution < -0.4 is 5.32 Å². The molecule has 0 radical (unpaired) electrons. The predicted octanol–water partition coefficient (Wildman–Crippen LogP) is 2.72. The number of piperidine rings is 1. The molecule has 2 N–H and O–H groups in total. The maximum Gasteiger partial charge on any atom is 0.272 e. The Morgan fingerprint density at radius 3 is 2.58 bits per heavy atom. The summed E-state index contributed by atoms with van der Waals surface area (Å²) in [7, 11) is 0. The first-order valence-electron chi connectivity index (χ1n) is 11.5. The summed E-state index contributed by atoms with van der Waals surface area (Å²) in [6.45, 7) is 4.02. The number of amides is 1. The number of hydrogen-bond donors (Lipinski definition) is 2. The Morgan fingerprint density at radius 2 is 1.88 bits per heavy atom. The van der Waals surface area contributed by atoms with E-state index in [9.17, 15) is 14.3 Å². The van der Waals surface area contributed by atoms with Gasteiger partial charge in [-0.25, -0.2) is 4.39 Å². The molecule has 8 heteroatoms. The Labute approximate surface area is 192 Å². The summed E-state index contributed by atoms with van der Waals surface area (Å²) in [5, 5.41) is 18.3. The quantitative estimate of drug-likeness (QED) is 0.601. The van der Waals surface area contributed by atoms with Gasteiger partial charge in [-0.05, 0) is 43.5 Å². The van der Waals surface area contributed by atoms with Crippen molar-refractivity contribution < 1.29 is 19.0 Å². The van der Waals surface area contributed by atoms with Gasteiger partial charge in [-0.15, -0.1) is 0 Å². The number of carbonyl (C=O) groups excluding carboxylic acids is 1. The smallest absolute Gasteiger partial charge is 0.272 e. The molecule has 2 saturated heterocycles. The number of rotatable bonds is 6. The molecule has 1 aromatic heterocycles. The molecule has 2 aliphatic heterocycles. The fraction of sp³-hybridized carbons (Fsp3) is 0.440. The number of nitrogens with one attached hydrogen (secondary N) is 1. The zero-order chi connectivity index (χ0) is 22.9. The number of ether oxygens (including phenoxy) is 1. The highest BCUT2D eigenvalue weighted by Crippen LogP contribution is 2.30. The van der Waals surface area contributed by atoms with Crippen molar-refractivity contribution in [3.63, 3.8) is 0 Å². The van der Waals surface area contributed by atoms with Gasteiger partial charge in [-0.3, -0.25) is 14.4 Å². The van der Waals surface area contributed by atoms with Crippen LogP contribution in [-0.4, -0.2) is 63.1 Å². The number of aliphatic hydroxyl groups is 1. The second-order valence-electron chi connectivity index (χ2n) is 9.18. The lowest BCUT2D eigenvalue weighted by atomic mass is 9.89. The van der Waals surface area contributed by atoms with Gasteiger partial charge in [0.25, 0.3) is 5.91 Å². The van der Waals surface area contributed by atoms with Gasteiger partial charge >= 0.3 is 0 Å². The number of benzene rings is 2. The molecule has 1 unspecified atom stereocenters. The molecule has 3 aromatic rings. The highest BCUT2D eigenvalue weighted by molar-refractivity contribution is 6.05. The highest BCUT2D eigenvalue weighted by Gasteiger charge is 2.39. The molecule has 0 spiro atoms. The second kappa shape index (κ2) is 9.21. The van der Waals surface area contributed by atoms with Crippen LogP contribution in [0.25, 0.3) is 10.9 Å². The monoisotopic (exact) mass is 452 g/mol. The fourth-order valence-electron chi connectivity index (χ4n) is 5.10. The number of aliphatic hydroxyl groups excluding tert-OH is 1. The third-order valence-electron chi connectivity index (χ3n) is 6.60. The van der Waals surface area contributed by atoms with Gasteiger partial charge < -0.3 is 15.2 Å².